The minimum atomic E-state index is -0.759. The van der Waals surface area contributed by atoms with Crippen LogP contribution in [0.4, 0.5) is 0 Å². The fourth-order valence-electron chi connectivity index (χ4n) is 20.4. The van der Waals surface area contributed by atoms with E-state index in [4.69, 9.17) is 0 Å². The summed E-state index contributed by atoms with van der Waals surface area (Å²) < 4.78 is 0. The zero-order valence-corrected chi connectivity index (χ0v) is 70.5. The van der Waals surface area contributed by atoms with Gasteiger partial charge in [-0.3, -0.25) is 19.6 Å². The van der Waals surface area contributed by atoms with E-state index in [0.717, 1.165) is 154 Å². The molecule has 4 atom stereocenters. The zero-order chi connectivity index (χ0) is 79.7. The molecule has 0 spiro atoms. The van der Waals surface area contributed by atoms with Crippen LogP contribution in [0.2, 0.25) is 0 Å². The molecule has 16 nitrogen and oxygen atoms in total. The average Bonchev–Trinajstić information content (AvgIpc) is 0.804. The molecule has 0 unspecified atom stereocenters. The number of aliphatic hydroxyl groups is 4. The second kappa shape index (κ2) is 48.6. The Bertz CT molecular complexity index is 2850. The maximum absolute atomic E-state index is 13.9. The average molecular weight is 1560 g/mol. The smallest absolute Gasteiger partial charge is 0.127 e. The number of nitrogens with zero attached hydrogens (tertiary/aromatic N) is 4. The van der Waals surface area contributed by atoms with Crippen molar-refractivity contribution in [2.24, 2.45) is 0 Å². The number of likely N-dealkylation sites (tertiary alicyclic amines) is 4. The van der Waals surface area contributed by atoms with Gasteiger partial charge < -0.3 is 61.3 Å². The number of hydrogen-bond donors (Lipinski definition) is 12. The predicted octanol–water partition coefficient (Wildman–Crippen LogP) is 21.7. The van der Waals surface area contributed by atoms with Crippen LogP contribution in [0.5, 0.6) is 46.0 Å². The summed E-state index contributed by atoms with van der Waals surface area (Å²) in [7, 11) is 0. The molecule has 0 radical (unpaired) electrons. The van der Waals surface area contributed by atoms with Crippen LogP contribution in [0.25, 0.3) is 0 Å². The van der Waals surface area contributed by atoms with Gasteiger partial charge in [0, 0.05) is 119 Å². The van der Waals surface area contributed by atoms with E-state index >= 15 is 0 Å². The molecule has 4 aromatic carbocycles. The Morgan fingerprint density at radius 3 is 0.536 bits per heavy atom. The number of aromatic hydroxyl groups is 8. The summed E-state index contributed by atoms with van der Waals surface area (Å²) in [6, 6.07) is 6.96. The molecule has 4 saturated heterocycles. The lowest BCUT2D eigenvalue weighted by Gasteiger charge is -2.33. The highest BCUT2D eigenvalue weighted by molar-refractivity contribution is 5.68. The normalized spacial score (nSPS) is 21.2. The number of phenols is 8. The second-order valence-electron chi connectivity index (χ2n) is 35.4. The van der Waals surface area contributed by atoms with Gasteiger partial charge in [-0.15, -0.1) is 0 Å². The molecule has 4 aliphatic heterocycles. The largest absolute Gasteiger partial charge is 0.507 e. The molecular weight excluding hydrogens is 1400 g/mol. The summed E-state index contributed by atoms with van der Waals surface area (Å²) in [5, 5.41) is 155. The molecule has 1 aliphatic carbocycles. The Labute approximate surface area is 676 Å². The SMILES string of the molecule is CCCCCCCCCCCC1c2cc(c(O)c(CN3CCC[C@H]3CO)c2O)C(CCCCCCCCCCC)c2cc(c(O)c(CN3CCC[C@H]3CO)c2O)C(CCCCCCCCCCC)c2cc(c(O)c(CN3CCC[C@H]3CO)c2O)C(CCCCCCCCCCC)c2cc1c(O)c(CN1CCC[C@H]1CO)c2O. The summed E-state index contributed by atoms with van der Waals surface area (Å²) in [5.41, 5.74) is 5.21. The Morgan fingerprint density at radius 1 is 0.232 bits per heavy atom. The first-order valence-corrected chi connectivity index (χ1v) is 46.4. The third-order valence-electron chi connectivity index (χ3n) is 27.4. The van der Waals surface area contributed by atoms with Crippen molar-refractivity contribution in [2.75, 3.05) is 52.6 Å². The van der Waals surface area contributed by atoms with Crippen LogP contribution < -0.4 is 0 Å². The molecule has 4 heterocycles. The highest BCUT2D eigenvalue weighted by Gasteiger charge is 2.41. The van der Waals surface area contributed by atoms with Gasteiger partial charge in [-0.1, -0.05) is 259 Å². The van der Waals surface area contributed by atoms with E-state index in [1.165, 1.54) is 103 Å². The van der Waals surface area contributed by atoms with Gasteiger partial charge in [0.15, 0.2) is 0 Å². The third kappa shape index (κ3) is 24.5. The monoisotopic (exact) mass is 1560 g/mol. The minimum Gasteiger partial charge on any atom is -0.507 e. The van der Waals surface area contributed by atoms with Crippen LogP contribution in [0.3, 0.4) is 0 Å². The highest BCUT2D eigenvalue weighted by atomic mass is 16.3. The van der Waals surface area contributed by atoms with Crippen molar-refractivity contribution in [2.45, 2.75) is 410 Å². The van der Waals surface area contributed by atoms with E-state index in [0.29, 0.717) is 144 Å². The van der Waals surface area contributed by atoms with Crippen LogP contribution in [-0.4, -0.2) is 158 Å². The van der Waals surface area contributed by atoms with Crippen LogP contribution in [0, 0.1) is 0 Å². The molecule has 5 aliphatic rings. The van der Waals surface area contributed by atoms with E-state index in [2.05, 4.69) is 47.3 Å². The molecule has 4 fully saturated rings. The third-order valence-corrected chi connectivity index (χ3v) is 27.4. The summed E-state index contributed by atoms with van der Waals surface area (Å²) in [6.45, 7) is 11.5. The van der Waals surface area contributed by atoms with Crippen LogP contribution in [-0.2, 0) is 26.2 Å². The van der Waals surface area contributed by atoms with Gasteiger partial charge in [0.1, 0.15) is 46.0 Å². The molecule has 112 heavy (non-hydrogen) atoms. The van der Waals surface area contributed by atoms with Gasteiger partial charge in [0.25, 0.3) is 0 Å². The highest BCUT2D eigenvalue weighted by Crippen LogP contribution is 2.57. The number of aliphatic hydroxyl groups excluding tert-OH is 4. The summed E-state index contributed by atoms with van der Waals surface area (Å²) in [6.07, 6.45) is 46.4. The Hall–Kier alpha value is -5.04. The molecule has 12 N–H and O–H groups in total. The number of rotatable bonds is 52. The molecule has 632 valence electrons. The van der Waals surface area contributed by atoms with Crippen molar-refractivity contribution in [3.05, 3.63) is 91.0 Å². The van der Waals surface area contributed by atoms with Crippen LogP contribution in [0.15, 0.2) is 24.3 Å². The molecule has 0 amide bonds. The number of phenolic OH excluding ortho intramolecular Hbond substituents is 8. The quantitative estimate of drug-likeness (QED) is 0.0184. The molecule has 4 aromatic rings. The number of hydrogen-bond acceptors (Lipinski definition) is 16. The van der Waals surface area contributed by atoms with Crippen molar-refractivity contribution < 1.29 is 61.3 Å². The first-order valence-electron chi connectivity index (χ1n) is 46.4. The fourth-order valence-corrected chi connectivity index (χ4v) is 20.4. The van der Waals surface area contributed by atoms with Gasteiger partial charge >= 0.3 is 0 Å². The minimum absolute atomic E-state index is 0.102. The van der Waals surface area contributed by atoms with E-state index in [9.17, 15) is 61.3 Å². The van der Waals surface area contributed by atoms with Crippen molar-refractivity contribution >= 4 is 0 Å². The number of benzene rings is 4. The van der Waals surface area contributed by atoms with E-state index in [1.807, 2.05) is 24.3 Å². The molecular formula is C96H156N4O12. The molecule has 9 rings (SSSR count). The molecule has 16 heteroatoms. The first-order chi connectivity index (χ1) is 54.7. The second-order valence-corrected chi connectivity index (χ2v) is 35.4. The van der Waals surface area contributed by atoms with E-state index in [1.54, 1.807) is 0 Å². The molecule has 8 bridgehead atoms. The maximum atomic E-state index is 13.9. The molecule has 0 aromatic heterocycles. The van der Waals surface area contributed by atoms with E-state index < -0.39 is 23.7 Å². The van der Waals surface area contributed by atoms with Crippen LogP contribution >= 0.6 is 0 Å². The summed E-state index contributed by atoms with van der Waals surface area (Å²) in [5.74, 6) is -3.88. The summed E-state index contributed by atoms with van der Waals surface area (Å²) in [4.78, 5) is 8.63. The standard InChI is InChI=1S/C96H156N4O12/c1-5-9-13-17-21-25-29-33-37-49-73-77-57-79(91(107)85(89(77)105)61-97-53-41-45-69(97)65-101)74(50-38-34-30-26-22-18-14-10-6-2)81-59-83(95(111)87(93(81)109)63-99-55-43-47-71(99)67-103)76(52-40-36-32-28-24-20-16-12-8-4)84-60-82(94(110)88(96(84)112)64-100-56-44-48-72(100)68-104)75(51-39-35-31-27-23-19-15-11-7-3)80-58-78(73)90(106)86(92(80)108)62-98-54-42-46-70(98)66-102/h57-60,69-76,101-112H,5-56,61-68H2,1-4H3/t69-,70-,71-,72-,73?,74?,75?,76?/m0/s1. The van der Waals surface area contributed by atoms with Gasteiger partial charge in [0.05, 0.1) is 48.7 Å². The predicted molar refractivity (Wildman–Crippen MR) is 456 cm³/mol. The lowest BCUT2D eigenvalue weighted by molar-refractivity contribution is 0.151. The van der Waals surface area contributed by atoms with Crippen molar-refractivity contribution in [3.8, 4) is 46.0 Å². The van der Waals surface area contributed by atoms with Gasteiger partial charge in [-0.2, -0.15) is 0 Å². The Morgan fingerprint density at radius 2 is 0.384 bits per heavy atom. The molecule has 0 saturated carbocycles. The summed E-state index contributed by atoms with van der Waals surface area (Å²) >= 11 is 0. The number of unbranched alkanes of at least 4 members (excludes halogenated alkanes) is 32. The van der Waals surface area contributed by atoms with E-state index in [-0.39, 0.29) is 123 Å². The van der Waals surface area contributed by atoms with Crippen LogP contribution in [0.1, 0.15) is 426 Å². The topological polar surface area (TPSA) is 256 Å². The lowest BCUT2D eigenvalue weighted by atomic mass is 9.74. The van der Waals surface area contributed by atoms with Crippen molar-refractivity contribution in [1.29, 1.82) is 0 Å². The maximum Gasteiger partial charge on any atom is 0.127 e. The van der Waals surface area contributed by atoms with Crippen molar-refractivity contribution in [3.63, 3.8) is 0 Å². The van der Waals surface area contributed by atoms with Gasteiger partial charge in [-0.05, 0) is 127 Å². The number of fused-ring (bicyclic) bond motifs is 8. The van der Waals surface area contributed by atoms with Crippen molar-refractivity contribution in [1.82, 2.24) is 19.6 Å². The van der Waals surface area contributed by atoms with Gasteiger partial charge in [0.2, 0.25) is 0 Å². The van der Waals surface area contributed by atoms with Gasteiger partial charge in [-0.25, -0.2) is 0 Å². The first kappa shape index (κ1) is 90.9. The zero-order valence-electron chi connectivity index (χ0n) is 70.5. The fraction of sp³-hybridized carbons (Fsp3) is 0.750. The Balaban J connectivity index is 1.40. The Kier molecular flexibility index (Phi) is 39.4. The lowest BCUT2D eigenvalue weighted by Crippen LogP contribution is -2.32.